The zero-order valence-electron chi connectivity index (χ0n) is 13.4. The van der Waals surface area contributed by atoms with Crippen molar-refractivity contribution < 1.29 is 13.9 Å². The van der Waals surface area contributed by atoms with Gasteiger partial charge in [-0.15, -0.1) is 0 Å². The predicted molar refractivity (Wildman–Crippen MR) is 94.2 cm³/mol. The summed E-state index contributed by atoms with van der Waals surface area (Å²) in [6.07, 6.45) is 1.09. The molecule has 0 aliphatic heterocycles. The van der Waals surface area contributed by atoms with E-state index >= 15 is 0 Å². The lowest BCUT2D eigenvalue weighted by Crippen LogP contribution is -2.27. The van der Waals surface area contributed by atoms with Crippen molar-refractivity contribution >= 4 is 23.2 Å². The van der Waals surface area contributed by atoms with Crippen molar-refractivity contribution in [2.24, 2.45) is 0 Å². The lowest BCUT2D eigenvalue weighted by atomic mass is 10.1. The number of amides is 1. The van der Waals surface area contributed by atoms with Crippen LogP contribution in [-0.2, 0) is 11.2 Å². The number of halogens is 2. The molecule has 128 valence electrons. The molecule has 0 spiro atoms. The lowest BCUT2D eigenvalue weighted by molar-refractivity contribution is -0.120. The van der Waals surface area contributed by atoms with E-state index in [1.54, 1.807) is 13.2 Å². The van der Waals surface area contributed by atoms with E-state index in [2.05, 4.69) is 10.6 Å². The fraction of sp³-hybridized carbons (Fsp3) is 0.278. The molecule has 2 aromatic carbocycles. The van der Waals surface area contributed by atoms with Crippen LogP contribution in [0.5, 0.6) is 5.75 Å². The third kappa shape index (κ3) is 5.74. The SMILES string of the molecule is COc1ccc(CCNC(=O)CCNc2ccc(F)c(Cl)c2)cc1. The van der Waals surface area contributed by atoms with Crippen molar-refractivity contribution in [3.05, 3.63) is 58.9 Å². The third-order valence-electron chi connectivity index (χ3n) is 3.50. The van der Waals surface area contributed by atoms with Gasteiger partial charge in [0.2, 0.25) is 5.91 Å². The average Bonchev–Trinajstić information content (AvgIpc) is 2.59. The molecule has 2 rings (SSSR count). The summed E-state index contributed by atoms with van der Waals surface area (Å²) in [5.41, 5.74) is 1.82. The number of carbonyl (C=O) groups excluding carboxylic acids is 1. The number of carbonyl (C=O) groups is 1. The number of ether oxygens (including phenoxy) is 1. The number of anilines is 1. The van der Waals surface area contributed by atoms with Gasteiger partial charge in [-0.1, -0.05) is 23.7 Å². The van der Waals surface area contributed by atoms with Gasteiger partial charge in [-0.25, -0.2) is 4.39 Å². The second-order valence-corrected chi connectivity index (χ2v) is 5.66. The highest BCUT2D eigenvalue weighted by Crippen LogP contribution is 2.19. The molecule has 24 heavy (non-hydrogen) atoms. The Bertz CT molecular complexity index is 677. The van der Waals surface area contributed by atoms with E-state index in [4.69, 9.17) is 16.3 Å². The van der Waals surface area contributed by atoms with Gasteiger partial charge in [-0.05, 0) is 42.3 Å². The van der Waals surface area contributed by atoms with Crippen LogP contribution in [0.4, 0.5) is 10.1 Å². The molecule has 0 saturated heterocycles. The molecular weight excluding hydrogens is 331 g/mol. The fourth-order valence-corrected chi connectivity index (χ4v) is 2.33. The van der Waals surface area contributed by atoms with Gasteiger partial charge >= 0.3 is 0 Å². The number of nitrogens with one attached hydrogen (secondary N) is 2. The summed E-state index contributed by atoms with van der Waals surface area (Å²) in [4.78, 5) is 11.8. The molecule has 2 N–H and O–H groups in total. The maximum absolute atomic E-state index is 13.0. The van der Waals surface area contributed by atoms with E-state index < -0.39 is 5.82 Å². The van der Waals surface area contributed by atoms with Crippen LogP contribution >= 0.6 is 11.6 Å². The highest BCUT2D eigenvalue weighted by atomic mass is 35.5. The second-order valence-electron chi connectivity index (χ2n) is 5.25. The Labute approximate surface area is 146 Å². The zero-order valence-corrected chi connectivity index (χ0v) is 14.2. The monoisotopic (exact) mass is 350 g/mol. The van der Waals surface area contributed by atoms with Crippen LogP contribution in [0.1, 0.15) is 12.0 Å². The van der Waals surface area contributed by atoms with Gasteiger partial charge in [-0.3, -0.25) is 4.79 Å². The topological polar surface area (TPSA) is 50.4 Å². The van der Waals surface area contributed by atoms with Crippen LogP contribution in [0.2, 0.25) is 5.02 Å². The van der Waals surface area contributed by atoms with Crippen molar-refractivity contribution in [3.8, 4) is 5.75 Å². The molecule has 0 radical (unpaired) electrons. The maximum Gasteiger partial charge on any atom is 0.221 e. The molecule has 0 fully saturated rings. The Morgan fingerprint density at radius 2 is 1.92 bits per heavy atom. The van der Waals surface area contributed by atoms with E-state index in [9.17, 15) is 9.18 Å². The Balaban J connectivity index is 1.64. The van der Waals surface area contributed by atoms with Crippen molar-refractivity contribution in [1.29, 1.82) is 0 Å². The predicted octanol–water partition coefficient (Wildman–Crippen LogP) is 3.65. The fourth-order valence-electron chi connectivity index (χ4n) is 2.15. The molecule has 0 atom stereocenters. The van der Waals surface area contributed by atoms with Gasteiger partial charge in [0.25, 0.3) is 0 Å². The summed E-state index contributed by atoms with van der Waals surface area (Å²) < 4.78 is 18.1. The second kappa shape index (κ2) is 9.13. The zero-order chi connectivity index (χ0) is 17.4. The first-order chi connectivity index (χ1) is 11.6. The van der Waals surface area contributed by atoms with Crippen LogP contribution < -0.4 is 15.4 Å². The quantitative estimate of drug-likeness (QED) is 0.764. The molecule has 0 aliphatic carbocycles. The molecular formula is C18H20ClFN2O2. The Hall–Kier alpha value is -2.27. The van der Waals surface area contributed by atoms with Crippen LogP contribution in [0.3, 0.4) is 0 Å². The highest BCUT2D eigenvalue weighted by Gasteiger charge is 2.03. The summed E-state index contributed by atoms with van der Waals surface area (Å²) in [6.45, 7) is 1.03. The van der Waals surface area contributed by atoms with Crippen LogP contribution in [-0.4, -0.2) is 26.1 Å². The normalized spacial score (nSPS) is 10.3. The molecule has 0 saturated carbocycles. The Kier molecular flexibility index (Phi) is 6.88. The Morgan fingerprint density at radius 1 is 1.17 bits per heavy atom. The van der Waals surface area contributed by atoms with Crippen molar-refractivity contribution in [1.82, 2.24) is 5.32 Å². The third-order valence-corrected chi connectivity index (χ3v) is 3.79. The van der Waals surface area contributed by atoms with Gasteiger partial charge in [0.15, 0.2) is 0 Å². The number of hydrogen-bond donors (Lipinski definition) is 2. The summed E-state index contributed by atoms with van der Waals surface area (Å²) in [5.74, 6) is 0.317. The standard InChI is InChI=1S/C18H20ClFN2O2/c1-24-15-5-2-13(3-6-15)8-10-22-18(23)9-11-21-14-4-7-17(20)16(19)12-14/h2-7,12,21H,8-11H2,1H3,(H,22,23). The Morgan fingerprint density at radius 3 is 2.58 bits per heavy atom. The highest BCUT2D eigenvalue weighted by molar-refractivity contribution is 6.31. The lowest BCUT2D eigenvalue weighted by Gasteiger charge is -2.08. The number of benzene rings is 2. The van der Waals surface area contributed by atoms with Crippen LogP contribution in [0.15, 0.2) is 42.5 Å². The summed E-state index contributed by atoms with van der Waals surface area (Å²) in [7, 11) is 1.63. The molecule has 0 aliphatic rings. The van der Waals surface area contributed by atoms with Crippen LogP contribution in [0, 0.1) is 5.82 Å². The molecule has 6 heteroatoms. The number of methoxy groups -OCH3 is 1. The van der Waals surface area contributed by atoms with Crippen molar-refractivity contribution in [3.63, 3.8) is 0 Å². The number of hydrogen-bond acceptors (Lipinski definition) is 3. The molecule has 0 heterocycles. The molecule has 2 aromatic rings. The molecule has 0 bridgehead atoms. The first-order valence-corrected chi connectivity index (χ1v) is 8.05. The summed E-state index contributed by atoms with van der Waals surface area (Å²) in [6, 6.07) is 12.1. The minimum absolute atomic E-state index is 0.0378. The number of rotatable bonds is 8. The van der Waals surface area contributed by atoms with Crippen molar-refractivity contribution in [2.45, 2.75) is 12.8 Å². The van der Waals surface area contributed by atoms with Crippen LogP contribution in [0.25, 0.3) is 0 Å². The maximum atomic E-state index is 13.0. The van der Waals surface area contributed by atoms with E-state index in [1.807, 2.05) is 24.3 Å². The smallest absolute Gasteiger partial charge is 0.221 e. The van der Waals surface area contributed by atoms with Gasteiger partial charge in [0, 0.05) is 25.2 Å². The van der Waals surface area contributed by atoms with E-state index in [0.29, 0.717) is 25.2 Å². The molecule has 0 unspecified atom stereocenters. The minimum Gasteiger partial charge on any atom is -0.497 e. The van der Waals surface area contributed by atoms with E-state index in [0.717, 1.165) is 17.7 Å². The van der Waals surface area contributed by atoms with Gasteiger partial charge in [0.05, 0.1) is 12.1 Å². The molecule has 1 amide bonds. The average molecular weight is 351 g/mol. The van der Waals surface area contributed by atoms with Crippen molar-refractivity contribution in [2.75, 3.05) is 25.5 Å². The summed E-state index contributed by atoms with van der Waals surface area (Å²) >= 11 is 5.70. The van der Waals surface area contributed by atoms with Gasteiger partial charge < -0.3 is 15.4 Å². The first kappa shape index (κ1) is 18.1. The van der Waals surface area contributed by atoms with E-state index in [-0.39, 0.29) is 10.9 Å². The van der Waals surface area contributed by atoms with Gasteiger partial charge in [-0.2, -0.15) is 0 Å². The largest absolute Gasteiger partial charge is 0.497 e. The minimum atomic E-state index is -0.460. The molecule has 0 aromatic heterocycles. The van der Waals surface area contributed by atoms with E-state index in [1.165, 1.54) is 12.1 Å². The molecule has 4 nitrogen and oxygen atoms in total. The first-order valence-electron chi connectivity index (χ1n) is 7.67. The van der Waals surface area contributed by atoms with Gasteiger partial charge in [0.1, 0.15) is 11.6 Å². The summed E-state index contributed by atoms with van der Waals surface area (Å²) in [5, 5.41) is 5.97.